The predicted octanol–water partition coefficient (Wildman–Crippen LogP) is 1.19. The first-order chi connectivity index (χ1) is 8.67. The summed E-state index contributed by atoms with van der Waals surface area (Å²) in [6, 6.07) is 5.26. The van der Waals surface area contributed by atoms with E-state index in [1.807, 2.05) is 7.05 Å². The van der Waals surface area contributed by atoms with Gasteiger partial charge >= 0.3 is 0 Å². The van der Waals surface area contributed by atoms with Gasteiger partial charge in [-0.3, -0.25) is 4.79 Å². The number of halogens is 1. The van der Waals surface area contributed by atoms with E-state index in [2.05, 4.69) is 16.6 Å². The second-order valence-electron chi connectivity index (χ2n) is 3.55. The molecule has 1 rings (SSSR count). The smallest absolute Gasteiger partial charge is 0.258 e. The Kier molecular flexibility index (Phi) is 6.06. The predicted molar refractivity (Wildman–Crippen MR) is 71.6 cm³/mol. The number of terminal acetylenes is 1. The van der Waals surface area contributed by atoms with Crippen LogP contribution < -0.4 is 15.4 Å². The van der Waals surface area contributed by atoms with Crippen LogP contribution in [0.5, 0.6) is 5.75 Å². The molecule has 0 bridgehead atoms. The Balaban J connectivity index is 2.61. The van der Waals surface area contributed by atoms with Crippen LogP contribution in [-0.4, -0.2) is 26.1 Å². The van der Waals surface area contributed by atoms with Crippen molar-refractivity contribution in [1.29, 1.82) is 0 Å². The van der Waals surface area contributed by atoms with Crippen molar-refractivity contribution in [2.24, 2.45) is 0 Å². The third-order valence-corrected chi connectivity index (χ3v) is 2.37. The quantitative estimate of drug-likeness (QED) is 0.761. The van der Waals surface area contributed by atoms with Crippen LogP contribution in [0.3, 0.4) is 0 Å². The van der Waals surface area contributed by atoms with Gasteiger partial charge in [0.25, 0.3) is 5.91 Å². The largest absolute Gasteiger partial charge is 0.483 e. The molecule has 0 unspecified atom stereocenters. The molecule has 0 heterocycles. The molecular formula is C13H15ClN2O2. The molecule has 0 aliphatic heterocycles. The maximum atomic E-state index is 11.3. The van der Waals surface area contributed by atoms with E-state index in [9.17, 15) is 4.79 Å². The summed E-state index contributed by atoms with van der Waals surface area (Å²) in [4.78, 5) is 11.3. The minimum absolute atomic E-state index is 0.0694. The minimum atomic E-state index is -0.252. The Morgan fingerprint density at radius 1 is 1.56 bits per heavy atom. The molecule has 1 aromatic carbocycles. The fourth-order valence-electron chi connectivity index (χ4n) is 1.36. The van der Waals surface area contributed by atoms with Crippen LogP contribution in [-0.2, 0) is 11.3 Å². The SMILES string of the molecule is C#CCNC(=O)COc1ccc(Cl)cc1CNC. The summed E-state index contributed by atoms with van der Waals surface area (Å²) in [6.07, 6.45) is 5.04. The van der Waals surface area contributed by atoms with E-state index in [-0.39, 0.29) is 19.1 Å². The van der Waals surface area contributed by atoms with E-state index in [1.54, 1.807) is 18.2 Å². The molecule has 96 valence electrons. The maximum Gasteiger partial charge on any atom is 0.258 e. The monoisotopic (exact) mass is 266 g/mol. The Hall–Kier alpha value is -1.70. The maximum absolute atomic E-state index is 11.3. The van der Waals surface area contributed by atoms with Crippen LogP contribution in [0, 0.1) is 12.3 Å². The first-order valence-electron chi connectivity index (χ1n) is 5.43. The highest BCUT2D eigenvalue weighted by Gasteiger charge is 2.06. The molecule has 0 radical (unpaired) electrons. The zero-order chi connectivity index (χ0) is 13.4. The van der Waals surface area contributed by atoms with Crippen molar-refractivity contribution >= 4 is 17.5 Å². The molecule has 0 aliphatic carbocycles. The lowest BCUT2D eigenvalue weighted by atomic mass is 10.2. The molecule has 1 aromatic rings. The molecule has 0 saturated heterocycles. The number of amides is 1. The number of rotatable bonds is 6. The van der Waals surface area contributed by atoms with Crippen LogP contribution in [0.2, 0.25) is 5.02 Å². The van der Waals surface area contributed by atoms with E-state index in [0.717, 1.165) is 5.56 Å². The number of hydrogen-bond acceptors (Lipinski definition) is 3. The fraction of sp³-hybridized carbons (Fsp3) is 0.308. The average molecular weight is 267 g/mol. The number of nitrogens with one attached hydrogen (secondary N) is 2. The third-order valence-electron chi connectivity index (χ3n) is 2.14. The fourth-order valence-corrected chi connectivity index (χ4v) is 1.56. The summed E-state index contributed by atoms with van der Waals surface area (Å²) in [6.45, 7) is 0.744. The highest BCUT2D eigenvalue weighted by Crippen LogP contribution is 2.22. The van der Waals surface area contributed by atoms with Crippen LogP contribution in [0.4, 0.5) is 0 Å². The lowest BCUT2D eigenvalue weighted by Gasteiger charge is -2.11. The molecule has 5 heteroatoms. The summed E-state index contributed by atoms with van der Waals surface area (Å²) < 4.78 is 5.42. The second kappa shape index (κ2) is 7.59. The van der Waals surface area contributed by atoms with Gasteiger partial charge in [-0.15, -0.1) is 6.42 Å². The van der Waals surface area contributed by atoms with Gasteiger partial charge in [-0.25, -0.2) is 0 Å². The van der Waals surface area contributed by atoms with E-state index >= 15 is 0 Å². The van der Waals surface area contributed by atoms with Crippen LogP contribution in [0.25, 0.3) is 0 Å². The van der Waals surface area contributed by atoms with E-state index < -0.39 is 0 Å². The summed E-state index contributed by atoms with van der Waals surface area (Å²) in [5.41, 5.74) is 0.898. The molecule has 0 spiro atoms. The van der Waals surface area contributed by atoms with E-state index in [0.29, 0.717) is 17.3 Å². The first kappa shape index (κ1) is 14.4. The Morgan fingerprint density at radius 2 is 2.33 bits per heavy atom. The molecule has 0 fully saturated rings. The zero-order valence-electron chi connectivity index (χ0n) is 10.1. The van der Waals surface area contributed by atoms with Gasteiger partial charge in [0.2, 0.25) is 0 Å². The van der Waals surface area contributed by atoms with Crippen molar-refractivity contribution in [2.75, 3.05) is 20.2 Å². The Bertz CT molecular complexity index is 455. The molecule has 0 atom stereocenters. The van der Waals surface area contributed by atoms with Gasteiger partial charge in [0.05, 0.1) is 6.54 Å². The lowest BCUT2D eigenvalue weighted by Crippen LogP contribution is -2.29. The zero-order valence-corrected chi connectivity index (χ0v) is 10.9. The Morgan fingerprint density at radius 3 is 3.00 bits per heavy atom. The van der Waals surface area contributed by atoms with Gasteiger partial charge in [-0.2, -0.15) is 0 Å². The highest BCUT2D eigenvalue weighted by molar-refractivity contribution is 6.30. The molecule has 0 saturated carbocycles. The molecule has 0 aliphatic rings. The average Bonchev–Trinajstić information content (AvgIpc) is 2.36. The molecule has 0 aromatic heterocycles. The molecule has 1 amide bonds. The summed E-state index contributed by atoms with van der Waals surface area (Å²) in [5.74, 6) is 2.70. The number of ether oxygens (including phenoxy) is 1. The van der Waals surface area contributed by atoms with Crippen LogP contribution in [0.1, 0.15) is 5.56 Å². The summed E-state index contributed by atoms with van der Waals surface area (Å²) in [7, 11) is 1.82. The van der Waals surface area contributed by atoms with Gasteiger partial charge in [0.15, 0.2) is 6.61 Å². The molecule has 18 heavy (non-hydrogen) atoms. The minimum Gasteiger partial charge on any atom is -0.483 e. The van der Waals surface area contributed by atoms with Crippen molar-refractivity contribution in [3.63, 3.8) is 0 Å². The summed E-state index contributed by atoms with van der Waals surface area (Å²) >= 11 is 5.90. The third kappa shape index (κ3) is 4.66. The molecular weight excluding hydrogens is 252 g/mol. The number of carbonyl (C=O) groups is 1. The molecule has 2 N–H and O–H groups in total. The van der Waals surface area contributed by atoms with Crippen LogP contribution >= 0.6 is 11.6 Å². The van der Waals surface area contributed by atoms with Gasteiger partial charge in [-0.05, 0) is 25.2 Å². The number of benzene rings is 1. The number of hydrogen-bond donors (Lipinski definition) is 2. The number of carbonyl (C=O) groups excluding carboxylic acids is 1. The van der Waals surface area contributed by atoms with Crippen molar-refractivity contribution < 1.29 is 9.53 Å². The van der Waals surface area contributed by atoms with Crippen LogP contribution in [0.15, 0.2) is 18.2 Å². The van der Waals surface area contributed by atoms with E-state index in [1.165, 1.54) is 0 Å². The summed E-state index contributed by atoms with van der Waals surface area (Å²) in [5, 5.41) is 6.16. The highest BCUT2D eigenvalue weighted by atomic mass is 35.5. The van der Waals surface area contributed by atoms with Gasteiger partial charge in [0, 0.05) is 17.1 Å². The topological polar surface area (TPSA) is 50.4 Å². The first-order valence-corrected chi connectivity index (χ1v) is 5.81. The van der Waals surface area contributed by atoms with Crippen molar-refractivity contribution in [3.8, 4) is 18.1 Å². The van der Waals surface area contributed by atoms with E-state index in [4.69, 9.17) is 22.8 Å². The van der Waals surface area contributed by atoms with Crippen molar-refractivity contribution in [2.45, 2.75) is 6.54 Å². The Labute approximate surface area is 112 Å². The van der Waals surface area contributed by atoms with Gasteiger partial charge in [-0.1, -0.05) is 17.5 Å². The molecule has 4 nitrogen and oxygen atoms in total. The van der Waals surface area contributed by atoms with Gasteiger partial charge in [0.1, 0.15) is 5.75 Å². The van der Waals surface area contributed by atoms with Crippen molar-refractivity contribution in [1.82, 2.24) is 10.6 Å². The normalized spacial score (nSPS) is 9.61. The lowest BCUT2D eigenvalue weighted by molar-refractivity contribution is -0.122. The van der Waals surface area contributed by atoms with Crippen molar-refractivity contribution in [3.05, 3.63) is 28.8 Å². The standard InChI is InChI=1S/C13H15ClN2O2/c1-3-6-16-13(17)9-18-12-5-4-11(14)7-10(12)8-15-2/h1,4-5,7,15H,6,8-9H2,2H3,(H,16,17). The second-order valence-corrected chi connectivity index (χ2v) is 3.99. The van der Waals surface area contributed by atoms with Gasteiger partial charge < -0.3 is 15.4 Å².